The maximum absolute atomic E-state index is 11.4. The molecule has 2 aromatic carbocycles. The van der Waals surface area contributed by atoms with Gasteiger partial charge in [0.15, 0.2) is 0 Å². The monoisotopic (exact) mass is 421 g/mol. The highest BCUT2D eigenvalue weighted by Gasteiger charge is 2.29. The van der Waals surface area contributed by atoms with Gasteiger partial charge in [0, 0.05) is 36.4 Å². The Balaban J connectivity index is 1.38. The summed E-state index contributed by atoms with van der Waals surface area (Å²) in [6, 6.07) is 18.7. The summed E-state index contributed by atoms with van der Waals surface area (Å²) < 4.78 is 5.95. The third kappa shape index (κ3) is 4.99. The van der Waals surface area contributed by atoms with Crippen LogP contribution in [-0.2, 0) is 11.3 Å². The van der Waals surface area contributed by atoms with E-state index < -0.39 is 0 Å². The van der Waals surface area contributed by atoms with Gasteiger partial charge in [-0.2, -0.15) is 0 Å². The number of nitrogens with zero attached hydrogens (tertiary/aromatic N) is 3. The highest BCUT2D eigenvalue weighted by molar-refractivity contribution is 7.99. The molecule has 0 amide bonds. The number of hydrogen-bond donors (Lipinski definition) is 0. The van der Waals surface area contributed by atoms with E-state index in [1.54, 1.807) is 18.7 Å². The van der Waals surface area contributed by atoms with Crippen LogP contribution in [0.1, 0.15) is 43.1 Å². The van der Waals surface area contributed by atoms with Crippen LogP contribution in [-0.4, -0.2) is 34.0 Å². The van der Waals surface area contributed by atoms with Crippen LogP contribution in [0.3, 0.4) is 0 Å². The molecule has 0 N–H and O–H groups in total. The summed E-state index contributed by atoms with van der Waals surface area (Å²) in [6.07, 6.45) is 2.15. The van der Waals surface area contributed by atoms with Crippen molar-refractivity contribution in [2.24, 2.45) is 5.92 Å². The first kappa shape index (κ1) is 20.8. The zero-order chi connectivity index (χ0) is 20.9. The van der Waals surface area contributed by atoms with Crippen molar-refractivity contribution < 1.29 is 9.21 Å². The molecule has 1 unspecified atom stereocenters. The molecule has 1 aromatic heterocycles. The highest BCUT2D eigenvalue weighted by atomic mass is 32.2. The molecule has 156 valence electrons. The minimum atomic E-state index is 0.214. The summed E-state index contributed by atoms with van der Waals surface area (Å²) in [5.41, 5.74) is 3.43. The van der Waals surface area contributed by atoms with Gasteiger partial charge in [0.1, 0.15) is 5.78 Å². The van der Waals surface area contributed by atoms with Gasteiger partial charge in [-0.1, -0.05) is 67.6 Å². The van der Waals surface area contributed by atoms with Crippen LogP contribution in [0.15, 0.2) is 64.2 Å². The second-order valence-electron chi connectivity index (χ2n) is 7.88. The van der Waals surface area contributed by atoms with Crippen LogP contribution in [0, 0.1) is 5.92 Å². The quantitative estimate of drug-likeness (QED) is 0.432. The fraction of sp³-hybridized carbons (Fsp3) is 0.375. The Morgan fingerprint density at radius 2 is 1.87 bits per heavy atom. The van der Waals surface area contributed by atoms with Gasteiger partial charge < -0.3 is 4.42 Å². The molecule has 1 atom stereocenters. The number of thioether (sulfide) groups is 1. The molecule has 2 heterocycles. The van der Waals surface area contributed by atoms with Crippen LogP contribution in [0.25, 0.3) is 11.5 Å². The number of Topliss-reactive ketones (excluding diaryl/α,β-unsaturated/α-hetero) is 1. The van der Waals surface area contributed by atoms with Gasteiger partial charge >= 0.3 is 0 Å². The molecule has 1 saturated heterocycles. The van der Waals surface area contributed by atoms with Crippen molar-refractivity contribution in [1.29, 1.82) is 0 Å². The van der Waals surface area contributed by atoms with Gasteiger partial charge in [0.25, 0.3) is 5.22 Å². The van der Waals surface area contributed by atoms with E-state index in [4.69, 9.17) is 4.42 Å². The number of benzene rings is 2. The maximum atomic E-state index is 11.4. The van der Waals surface area contributed by atoms with Gasteiger partial charge in [0.2, 0.25) is 5.89 Å². The average Bonchev–Trinajstić information content (AvgIpc) is 3.19. The van der Waals surface area contributed by atoms with Crippen molar-refractivity contribution in [3.05, 3.63) is 65.7 Å². The van der Waals surface area contributed by atoms with E-state index in [1.807, 2.05) is 18.2 Å². The zero-order valence-electron chi connectivity index (χ0n) is 17.5. The van der Waals surface area contributed by atoms with E-state index in [-0.39, 0.29) is 5.92 Å². The predicted molar refractivity (Wildman–Crippen MR) is 119 cm³/mol. The molecule has 0 saturated carbocycles. The number of carbonyl (C=O) groups is 1. The Hall–Kier alpha value is -2.44. The third-order valence-electron chi connectivity index (χ3n) is 5.51. The first-order valence-corrected chi connectivity index (χ1v) is 11.4. The lowest BCUT2D eigenvalue weighted by Crippen LogP contribution is -2.48. The van der Waals surface area contributed by atoms with Crippen LogP contribution in [0.4, 0.5) is 0 Å². The molecule has 1 fully saturated rings. The lowest BCUT2D eigenvalue weighted by Gasteiger charge is -2.37. The first-order valence-electron chi connectivity index (χ1n) is 10.5. The molecule has 0 spiro atoms. The molecule has 0 aliphatic carbocycles. The SMILES string of the molecule is CCCC(Sc1nnc(-c2ccc(CN3CC(C(C)=O)C3)cc2)o1)c1ccccc1. The van der Waals surface area contributed by atoms with Crippen LogP contribution in [0.2, 0.25) is 0 Å². The second kappa shape index (κ2) is 9.58. The molecule has 1 aliphatic rings. The summed E-state index contributed by atoms with van der Waals surface area (Å²) in [7, 11) is 0. The fourth-order valence-electron chi connectivity index (χ4n) is 3.69. The molecule has 5 nitrogen and oxygen atoms in total. The van der Waals surface area contributed by atoms with Crippen molar-refractivity contribution in [3.63, 3.8) is 0 Å². The lowest BCUT2D eigenvalue weighted by atomic mass is 9.95. The Bertz CT molecular complexity index is 966. The van der Waals surface area contributed by atoms with Gasteiger partial charge in [-0.25, -0.2) is 0 Å². The minimum Gasteiger partial charge on any atom is -0.411 e. The number of likely N-dealkylation sites (tertiary alicyclic amines) is 1. The predicted octanol–water partition coefficient (Wildman–Crippen LogP) is 5.39. The number of ketones is 1. The van der Waals surface area contributed by atoms with Crippen molar-refractivity contribution in [3.8, 4) is 11.5 Å². The van der Waals surface area contributed by atoms with Gasteiger partial charge in [-0.3, -0.25) is 9.69 Å². The summed E-state index contributed by atoms with van der Waals surface area (Å²) in [6.45, 7) is 6.46. The number of rotatable bonds is 9. The maximum Gasteiger partial charge on any atom is 0.277 e. The highest BCUT2D eigenvalue weighted by Crippen LogP contribution is 2.38. The van der Waals surface area contributed by atoms with E-state index in [9.17, 15) is 4.79 Å². The Morgan fingerprint density at radius 1 is 1.13 bits per heavy atom. The Kier molecular flexibility index (Phi) is 6.65. The molecule has 0 radical (unpaired) electrons. The molecular weight excluding hydrogens is 394 g/mol. The summed E-state index contributed by atoms with van der Waals surface area (Å²) in [4.78, 5) is 13.7. The zero-order valence-corrected chi connectivity index (χ0v) is 18.3. The van der Waals surface area contributed by atoms with Crippen molar-refractivity contribution >= 4 is 17.5 Å². The Labute approximate surface area is 181 Å². The number of carbonyl (C=O) groups excluding carboxylic acids is 1. The average molecular weight is 422 g/mol. The number of aromatic nitrogens is 2. The van der Waals surface area contributed by atoms with E-state index in [2.05, 4.69) is 58.4 Å². The van der Waals surface area contributed by atoms with Crippen molar-refractivity contribution in [1.82, 2.24) is 15.1 Å². The first-order chi connectivity index (χ1) is 14.6. The molecule has 0 bridgehead atoms. The fourth-order valence-corrected chi connectivity index (χ4v) is 4.79. The molecule has 6 heteroatoms. The standard InChI is InChI=1S/C24H27N3O2S/c1-3-7-22(19-8-5-4-6-9-19)30-24-26-25-23(29-24)20-12-10-18(11-13-20)14-27-15-21(16-27)17(2)28/h4-6,8-13,21-22H,3,7,14-16H2,1-2H3. The summed E-state index contributed by atoms with van der Waals surface area (Å²) in [5.74, 6) is 1.05. The van der Waals surface area contributed by atoms with E-state index in [0.717, 1.165) is 38.0 Å². The Morgan fingerprint density at radius 3 is 2.53 bits per heavy atom. The van der Waals surface area contributed by atoms with Crippen LogP contribution in [0.5, 0.6) is 0 Å². The summed E-state index contributed by atoms with van der Waals surface area (Å²) in [5, 5.41) is 9.43. The van der Waals surface area contributed by atoms with Crippen molar-refractivity contribution in [2.45, 2.75) is 43.7 Å². The largest absolute Gasteiger partial charge is 0.411 e. The molecule has 4 rings (SSSR count). The van der Waals surface area contributed by atoms with E-state index >= 15 is 0 Å². The van der Waals surface area contributed by atoms with E-state index in [1.165, 1.54) is 11.1 Å². The summed E-state index contributed by atoms with van der Waals surface area (Å²) >= 11 is 1.63. The lowest BCUT2D eigenvalue weighted by molar-refractivity contribution is -0.126. The molecule has 3 aromatic rings. The smallest absolute Gasteiger partial charge is 0.277 e. The second-order valence-corrected chi connectivity index (χ2v) is 9.03. The van der Waals surface area contributed by atoms with Crippen LogP contribution >= 0.6 is 11.8 Å². The third-order valence-corrected chi connectivity index (χ3v) is 6.67. The van der Waals surface area contributed by atoms with Crippen molar-refractivity contribution in [2.75, 3.05) is 13.1 Å². The topological polar surface area (TPSA) is 59.2 Å². The van der Waals surface area contributed by atoms with Crippen LogP contribution < -0.4 is 0 Å². The van der Waals surface area contributed by atoms with Gasteiger partial charge in [0.05, 0.1) is 0 Å². The van der Waals surface area contributed by atoms with Gasteiger partial charge in [-0.15, -0.1) is 10.2 Å². The van der Waals surface area contributed by atoms with E-state index in [0.29, 0.717) is 22.1 Å². The van der Waals surface area contributed by atoms with Gasteiger partial charge in [-0.05, 0) is 36.6 Å². The molecule has 1 aliphatic heterocycles. The normalized spacial score (nSPS) is 15.7. The minimum absolute atomic E-state index is 0.214. The molecular formula is C24H27N3O2S. The number of hydrogen-bond acceptors (Lipinski definition) is 6. The molecule has 30 heavy (non-hydrogen) atoms.